The summed E-state index contributed by atoms with van der Waals surface area (Å²) in [4.78, 5) is 26.4. The fourth-order valence-corrected chi connectivity index (χ4v) is 5.53. The van der Waals surface area contributed by atoms with Crippen molar-refractivity contribution in [1.82, 2.24) is 5.32 Å². The summed E-state index contributed by atoms with van der Waals surface area (Å²) in [5.41, 5.74) is 0.844. The molecule has 0 spiro atoms. The van der Waals surface area contributed by atoms with Gasteiger partial charge in [-0.25, -0.2) is 0 Å². The molecule has 7 nitrogen and oxygen atoms in total. The number of anilines is 2. The van der Waals surface area contributed by atoms with Gasteiger partial charge in [-0.1, -0.05) is 59.8 Å². The lowest BCUT2D eigenvalue weighted by atomic mass is 9.82. The van der Waals surface area contributed by atoms with Crippen molar-refractivity contribution in [3.63, 3.8) is 0 Å². The van der Waals surface area contributed by atoms with Crippen molar-refractivity contribution in [2.45, 2.75) is 19.0 Å². The normalized spacial score (nSPS) is 15.0. The number of rotatable bonds is 8. The Labute approximate surface area is 249 Å². The maximum absolute atomic E-state index is 13.7. The van der Waals surface area contributed by atoms with E-state index in [1.165, 1.54) is 19.2 Å². The lowest BCUT2D eigenvalue weighted by Gasteiger charge is -2.30. The van der Waals surface area contributed by atoms with Gasteiger partial charge in [0, 0.05) is 22.0 Å². The molecule has 1 aliphatic heterocycles. The molecule has 0 saturated carbocycles. The van der Waals surface area contributed by atoms with Crippen LogP contribution in [0.1, 0.15) is 24.0 Å². The molecule has 3 aromatic rings. The molecular formula is C30H24ClF3N4O3S. The summed E-state index contributed by atoms with van der Waals surface area (Å²) in [5.74, 6) is -1.74. The van der Waals surface area contributed by atoms with Gasteiger partial charge in [0.1, 0.15) is 5.75 Å². The number of nitrogens with one attached hydrogen (secondary N) is 3. The molecule has 0 bridgehead atoms. The quantitative estimate of drug-likeness (QED) is 0.251. The summed E-state index contributed by atoms with van der Waals surface area (Å²) in [7, 11) is 1.48. The number of hydrogen-bond donors (Lipinski definition) is 3. The molecule has 12 heteroatoms. The molecular weight excluding hydrogens is 589 g/mol. The van der Waals surface area contributed by atoms with Crippen LogP contribution >= 0.6 is 23.4 Å². The van der Waals surface area contributed by atoms with Crippen LogP contribution in [0.25, 0.3) is 0 Å². The van der Waals surface area contributed by atoms with Crippen molar-refractivity contribution in [2.24, 2.45) is 0 Å². The third-order valence-corrected chi connectivity index (χ3v) is 7.65. The smallest absolute Gasteiger partial charge is 0.416 e. The van der Waals surface area contributed by atoms with E-state index >= 15 is 0 Å². The van der Waals surface area contributed by atoms with E-state index in [1.54, 1.807) is 55.5 Å². The summed E-state index contributed by atoms with van der Waals surface area (Å²) in [5, 5.41) is 19.3. The second-order valence-corrected chi connectivity index (χ2v) is 10.4. The molecule has 3 N–H and O–H groups in total. The molecule has 0 radical (unpaired) electrons. The van der Waals surface area contributed by atoms with Crippen LogP contribution in [0, 0.1) is 11.3 Å². The number of benzene rings is 3. The number of nitriles is 1. The van der Waals surface area contributed by atoms with Crippen LogP contribution in [0.2, 0.25) is 5.02 Å². The first-order valence-electron chi connectivity index (χ1n) is 12.4. The Morgan fingerprint density at radius 3 is 2.48 bits per heavy atom. The average molecular weight is 613 g/mol. The Morgan fingerprint density at radius 2 is 1.79 bits per heavy atom. The molecule has 42 heavy (non-hydrogen) atoms. The minimum absolute atomic E-state index is 0.0122. The molecule has 4 rings (SSSR count). The fourth-order valence-electron chi connectivity index (χ4n) is 4.39. The van der Waals surface area contributed by atoms with E-state index < -0.39 is 29.5 Å². The van der Waals surface area contributed by atoms with E-state index in [0.717, 1.165) is 23.9 Å². The van der Waals surface area contributed by atoms with Crippen molar-refractivity contribution in [1.29, 1.82) is 5.26 Å². The summed E-state index contributed by atoms with van der Waals surface area (Å²) in [6, 6.07) is 20.2. The number of ether oxygens (including phenoxy) is 1. The van der Waals surface area contributed by atoms with Crippen LogP contribution in [-0.2, 0) is 15.8 Å². The zero-order valence-corrected chi connectivity index (χ0v) is 23.9. The lowest BCUT2D eigenvalue weighted by Crippen LogP contribution is -2.31. The van der Waals surface area contributed by atoms with Crippen LogP contribution in [0.3, 0.4) is 0 Å². The highest BCUT2D eigenvalue weighted by molar-refractivity contribution is 8.03. The van der Waals surface area contributed by atoms with Gasteiger partial charge < -0.3 is 20.7 Å². The van der Waals surface area contributed by atoms with Crippen molar-refractivity contribution >= 4 is 46.6 Å². The van der Waals surface area contributed by atoms with Gasteiger partial charge in [-0.05, 0) is 48.9 Å². The number of methoxy groups -OCH3 is 1. The number of dihydropyridines is 1. The summed E-state index contributed by atoms with van der Waals surface area (Å²) >= 11 is 7.52. The number of halogens is 4. The van der Waals surface area contributed by atoms with Crippen molar-refractivity contribution < 1.29 is 27.5 Å². The Bertz CT molecular complexity index is 1630. The van der Waals surface area contributed by atoms with Crippen molar-refractivity contribution in [3.05, 3.63) is 111 Å². The number of carbonyl (C=O) groups excluding carboxylic acids is 2. The first-order valence-corrected chi connectivity index (χ1v) is 13.8. The second-order valence-electron chi connectivity index (χ2n) is 9.04. The first kappa shape index (κ1) is 30.6. The van der Waals surface area contributed by atoms with E-state index in [2.05, 4.69) is 22.0 Å². The molecule has 0 saturated heterocycles. The van der Waals surface area contributed by atoms with Crippen LogP contribution in [0.4, 0.5) is 24.5 Å². The lowest BCUT2D eigenvalue weighted by molar-refractivity contribution is -0.137. The molecule has 0 unspecified atom stereocenters. The Morgan fingerprint density at radius 1 is 1.07 bits per heavy atom. The summed E-state index contributed by atoms with van der Waals surface area (Å²) < 4.78 is 44.5. The molecule has 0 aliphatic carbocycles. The van der Waals surface area contributed by atoms with Crippen LogP contribution in [-0.4, -0.2) is 24.7 Å². The van der Waals surface area contributed by atoms with Gasteiger partial charge >= 0.3 is 6.18 Å². The highest BCUT2D eigenvalue weighted by Crippen LogP contribution is 2.43. The standard InChI is InChI=1S/C30H24ClF3N4O3S/c1-17-26(28(40)38-23-12-5-6-13-24(23)41-2)27(20-10-3-4-11-22(20)31)21(15-35)29(36-17)42-16-25(39)37-19-9-7-8-18(14-19)30(32,33)34/h3-14,27,36H,16H2,1-2H3,(H,37,39)(H,38,40)/t27-/m0/s1. The molecule has 0 aromatic heterocycles. The molecule has 0 fully saturated rings. The zero-order valence-electron chi connectivity index (χ0n) is 22.3. The number of amides is 2. The van der Waals surface area contributed by atoms with Crippen molar-refractivity contribution in [3.8, 4) is 11.8 Å². The van der Waals surface area contributed by atoms with Crippen LogP contribution < -0.4 is 20.7 Å². The second kappa shape index (κ2) is 13.1. The SMILES string of the molecule is COc1ccccc1NC(=O)C1=C(C)NC(SCC(=O)Nc2cccc(C(F)(F)F)c2)=C(C#N)[C@@H]1c1ccccc1Cl. The number of allylic oxidation sites excluding steroid dienone is 2. The Kier molecular flexibility index (Phi) is 9.50. The number of alkyl halides is 3. The van der Waals surface area contributed by atoms with Gasteiger partial charge in [-0.2, -0.15) is 18.4 Å². The summed E-state index contributed by atoms with van der Waals surface area (Å²) in [6.45, 7) is 1.67. The van der Waals surface area contributed by atoms with Gasteiger partial charge in [-0.15, -0.1) is 0 Å². The largest absolute Gasteiger partial charge is 0.495 e. The van der Waals surface area contributed by atoms with E-state index in [1.807, 2.05) is 0 Å². The average Bonchev–Trinajstić information content (AvgIpc) is 2.96. The minimum atomic E-state index is -4.55. The van der Waals surface area contributed by atoms with E-state index in [0.29, 0.717) is 32.7 Å². The predicted molar refractivity (Wildman–Crippen MR) is 157 cm³/mol. The number of carbonyl (C=O) groups is 2. The first-order chi connectivity index (χ1) is 20.0. The number of hydrogen-bond acceptors (Lipinski definition) is 6. The van der Waals surface area contributed by atoms with Gasteiger partial charge in [0.25, 0.3) is 5.91 Å². The highest BCUT2D eigenvalue weighted by Gasteiger charge is 2.36. The third-order valence-electron chi connectivity index (χ3n) is 6.28. The monoisotopic (exact) mass is 612 g/mol. The van der Waals surface area contributed by atoms with Crippen molar-refractivity contribution in [2.75, 3.05) is 23.5 Å². The topological polar surface area (TPSA) is 103 Å². The van der Waals surface area contributed by atoms with Crippen LogP contribution in [0.5, 0.6) is 5.75 Å². The Balaban J connectivity index is 1.63. The minimum Gasteiger partial charge on any atom is -0.495 e. The number of thioether (sulfide) groups is 1. The molecule has 1 heterocycles. The van der Waals surface area contributed by atoms with Gasteiger partial charge in [-0.3, -0.25) is 9.59 Å². The Hall–Kier alpha value is -4.40. The fraction of sp³-hybridized carbons (Fsp3) is 0.167. The van der Waals surface area contributed by atoms with E-state index in [4.69, 9.17) is 16.3 Å². The van der Waals surface area contributed by atoms with Crippen LogP contribution in [0.15, 0.2) is 94.7 Å². The third kappa shape index (κ3) is 6.90. The maximum Gasteiger partial charge on any atom is 0.416 e. The molecule has 1 aliphatic rings. The highest BCUT2D eigenvalue weighted by atomic mass is 35.5. The maximum atomic E-state index is 13.7. The van der Waals surface area contributed by atoms with E-state index in [-0.39, 0.29) is 22.6 Å². The van der Waals surface area contributed by atoms with Gasteiger partial charge in [0.15, 0.2) is 0 Å². The number of nitrogens with zero attached hydrogens (tertiary/aromatic N) is 1. The van der Waals surface area contributed by atoms with Gasteiger partial charge in [0.05, 0.1) is 46.7 Å². The molecule has 3 aromatic carbocycles. The van der Waals surface area contributed by atoms with Gasteiger partial charge in [0.2, 0.25) is 5.91 Å². The molecule has 216 valence electrons. The predicted octanol–water partition coefficient (Wildman–Crippen LogP) is 7.07. The zero-order chi connectivity index (χ0) is 30.4. The molecule has 1 atom stereocenters. The van der Waals surface area contributed by atoms with E-state index in [9.17, 15) is 28.0 Å². The number of para-hydroxylation sites is 2. The molecule has 2 amide bonds. The summed E-state index contributed by atoms with van der Waals surface area (Å²) in [6.07, 6.45) is -4.55.